The Morgan fingerprint density at radius 2 is 1.83 bits per heavy atom. The Labute approximate surface area is 175 Å². The van der Waals surface area contributed by atoms with Gasteiger partial charge in [0.2, 0.25) is 11.8 Å². The van der Waals surface area contributed by atoms with Crippen LogP contribution in [0, 0.1) is 0 Å². The monoisotopic (exact) mass is 432 g/mol. The van der Waals surface area contributed by atoms with Crippen molar-refractivity contribution in [3.05, 3.63) is 71.4 Å². The van der Waals surface area contributed by atoms with Crippen LogP contribution in [0.25, 0.3) is 11.0 Å². The van der Waals surface area contributed by atoms with Crippen LogP contribution in [0.15, 0.2) is 58.1 Å². The molecular weight excluding hydrogens is 413 g/mol. The van der Waals surface area contributed by atoms with Gasteiger partial charge >= 0.3 is 6.18 Å². The van der Waals surface area contributed by atoms with Crippen molar-refractivity contribution in [1.82, 2.24) is 19.7 Å². The van der Waals surface area contributed by atoms with Gasteiger partial charge in [-0.3, -0.25) is 0 Å². The zero-order valence-corrected chi connectivity index (χ0v) is 17.2. The molecule has 156 valence electrons. The molecule has 30 heavy (non-hydrogen) atoms. The first-order valence-corrected chi connectivity index (χ1v) is 10.4. The Bertz CT molecular complexity index is 1150. The summed E-state index contributed by atoms with van der Waals surface area (Å²) in [5.74, 6) is 1.51. The molecule has 4 aromatic rings. The molecule has 0 amide bonds. The van der Waals surface area contributed by atoms with Gasteiger partial charge in [0.1, 0.15) is 0 Å². The van der Waals surface area contributed by atoms with Crippen molar-refractivity contribution in [3.63, 3.8) is 0 Å². The third-order valence-electron chi connectivity index (χ3n) is 4.53. The Morgan fingerprint density at radius 3 is 2.50 bits per heavy atom. The van der Waals surface area contributed by atoms with E-state index >= 15 is 0 Å². The number of nitrogens with zero attached hydrogens (tertiary/aromatic N) is 4. The number of hydrogen-bond acceptors (Lipinski definition) is 5. The summed E-state index contributed by atoms with van der Waals surface area (Å²) in [7, 11) is 0. The fourth-order valence-corrected chi connectivity index (χ4v) is 3.85. The van der Waals surface area contributed by atoms with E-state index in [4.69, 9.17) is 4.42 Å². The summed E-state index contributed by atoms with van der Waals surface area (Å²) in [5, 5.41) is 8.66. The lowest BCUT2D eigenvalue weighted by Gasteiger charge is -2.09. The molecule has 0 N–H and O–H groups in total. The third-order valence-corrected chi connectivity index (χ3v) is 5.49. The number of halogens is 3. The number of imidazole rings is 1. The molecule has 0 spiro atoms. The standard InChI is InChI=1S/C21H19F3N4OS/c1-13(2)19-27-26-18(29-19)12-30-20-25-16-10-15(21(22,23)24)8-9-17(16)28(20)11-14-6-4-3-5-7-14/h3-10,13H,11-12H2,1-2H3. The van der Waals surface area contributed by atoms with Gasteiger partial charge in [-0.05, 0) is 23.8 Å². The Balaban J connectivity index is 1.69. The first kappa shape index (κ1) is 20.5. The minimum Gasteiger partial charge on any atom is -0.424 e. The first-order valence-electron chi connectivity index (χ1n) is 9.38. The molecule has 0 atom stereocenters. The fraction of sp³-hybridized carbons (Fsp3) is 0.286. The van der Waals surface area contributed by atoms with Crippen LogP contribution >= 0.6 is 11.8 Å². The molecule has 0 fully saturated rings. The molecular formula is C21H19F3N4OS. The molecule has 0 saturated carbocycles. The lowest BCUT2D eigenvalue weighted by molar-refractivity contribution is -0.137. The second-order valence-electron chi connectivity index (χ2n) is 7.14. The summed E-state index contributed by atoms with van der Waals surface area (Å²) in [6.07, 6.45) is -4.41. The highest BCUT2D eigenvalue weighted by Gasteiger charge is 2.31. The van der Waals surface area contributed by atoms with Crippen molar-refractivity contribution in [2.24, 2.45) is 0 Å². The quantitative estimate of drug-likeness (QED) is 0.355. The van der Waals surface area contributed by atoms with Crippen molar-refractivity contribution < 1.29 is 17.6 Å². The van der Waals surface area contributed by atoms with Crippen LogP contribution < -0.4 is 0 Å². The van der Waals surface area contributed by atoms with Gasteiger partial charge in [-0.2, -0.15) is 13.2 Å². The van der Waals surface area contributed by atoms with Gasteiger partial charge in [-0.1, -0.05) is 55.9 Å². The van der Waals surface area contributed by atoms with Crippen LogP contribution in [-0.4, -0.2) is 19.7 Å². The number of aromatic nitrogens is 4. The number of thioether (sulfide) groups is 1. The highest BCUT2D eigenvalue weighted by molar-refractivity contribution is 7.98. The molecule has 4 rings (SSSR count). The van der Waals surface area contributed by atoms with E-state index in [1.807, 2.05) is 48.7 Å². The van der Waals surface area contributed by atoms with Gasteiger partial charge in [-0.25, -0.2) is 4.98 Å². The van der Waals surface area contributed by atoms with E-state index in [1.54, 1.807) is 0 Å². The maximum Gasteiger partial charge on any atom is 0.416 e. The number of benzene rings is 2. The molecule has 0 aliphatic rings. The van der Waals surface area contributed by atoms with Gasteiger partial charge in [0.25, 0.3) is 0 Å². The molecule has 0 saturated heterocycles. The summed E-state index contributed by atoms with van der Waals surface area (Å²) in [6.45, 7) is 4.41. The average molecular weight is 432 g/mol. The SMILES string of the molecule is CC(C)c1nnc(CSc2nc3cc(C(F)(F)F)ccc3n2Cc2ccccc2)o1. The second kappa shape index (κ2) is 8.14. The summed E-state index contributed by atoms with van der Waals surface area (Å²) < 4.78 is 47.0. The zero-order chi connectivity index (χ0) is 21.3. The minimum atomic E-state index is -4.41. The summed E-state index contributed by atoms with van der Waals surface area (Å²) >= 11 is 1.36. The van der Waals surface area contributed by atoms with Crippen molar-refractivity contribution in [3.8, 4) is 0 Å². The Morgan fingerprint density at radius 1 is 1.07 bits per heavy atom. The van der Waals surface area contributed by atoms with Gasteiger partial charge in [0.05, 0.1) is 28.9 Å². The third kappa shape index (κ3) is 4.35. The largest absolute Gasteiger partial charge is 0.424 e. The van der Waals surface area contributed by atoms with E-state index in [-0.39, 0.29) is 5.92 Å². The number of alkyl halides is 3. The molecule has 2 aromatic carbocycles. The van der Waals surface area contributed by atoms with Gasteiger partial charge < -0.3 is 8.98 Å². The minimum absolute atomic E-state index is 0.125. The normalized spacial score (nSPS) is 12.2. The zero-order valence-electron chi connectivity index (χ0n) is 16.3. The highest BCUT2D eigenvalue weighted by Crippen LogP contribution is 2.34. The summed E-state index contributed by atoms with van der Waals surface area (Å²) in [4.78, 5) is 4.48. The summed E-state index contributed by atoms with van der Waals surface area (Å²) in [5.41, 5.74) is 1.26. The predicted octanol–water partition coefficient (Wildman–Crippen LogP) is 5.90. The molecule has 0 aliphatic heterocycles. The highest BCUT2D eigenvalue weighted by atomic mass is 32.2. The van der Waals surface area contributed by atoms with Crippen LogP contribution in [0.1, 0.15) is 42.7 Å². The van der Waals surface area contributed by atoms with Crippen molar-refractivity contribution in [1.29, 1.82) is 0 Å². The lowest BCUT2D eigenvalue weighted by atomic mass is 10.2. The van der Waals surface area contributed by atoms with E-state index in [0.29, 0.717) is 40.3 Å². The molecule has 5 nitrogen and oxygen atoms in total. The molecule has 2 aromatic heterocycles. The second-order valence-corrected chi connectivity index (χ2v) is 8.09. The molecule has 2 heterocycles. The van der Waals surface area contributed by atoms with Crippen LogP contribution in [0.5, 0.6) is 0 Å². The maximum absolute atomic E-state index is 13.1. The van der Waals surface area contributed by atoms with Gasteiger partial charge in [0.15, 0.2) is 5.16 Å². The van der Waals surface area contributed by atoms with E-state index in [2.05, 4.69) is 15.2 Å². The van der Waals surface area contributed by atoms with Crippen molar-refractivity contribution in [2.45, 2.75) is 43.4 Å². The van der Waals surface area contributed by atoms with E-state index in [1.165, 1.54) is 17.8 Å². The molecule has 0 unspecified atom stereocenters. The van der Waals surface area contributed by atoms with Crippen LogP contribution in [0.3, 0.4) is 0 Å². The van der Waals surface area contributed by atoms with Crippen LogP contribution in [0.2, 0.25) is 0 Å². The van der Waals surface area contributed by atoms with Crippen LogP contribution in [0.4, 0.5) is 13.2 Å². The van der Waals surface area contributed by atoms with Gasteiger partial charge in [0, 0.05) is 5.92 Å². The maximum atomic E-state index is 13.1. The molecule has 0 aliphatic carbocycles. The molecule has 9 heteroatoms. The predicted molar refractivity (Wildman–Crippen MR) is 108 cm³/mol. The Hall–Kier alpha value is -2.81. The number of rotatable bonds is 6. The average Bonchev–Trinajstić information content (AvgIpc) is 3.31. The van der Waals surface area contributed by atoms with E-state index in [0.717, 1.165) is 17.7 Å². The molecule has 0 radical (unpaired) electrons. The van der Waals surface area contributed by atoms with Crippen molar-refractivity contribution in [2.75, 3.05) is 0 Å². The van der Waals surface area contributed by atoms with E-state index < -0.39 is 11.7 Å². The van der Waals surface area contributed by atoms with Gasteiger partial charge in [-0.15, -0.1) is 10.2 Å². The first-order chi connectivity index (χ1) is 14.3. The van der Waals surface area contributed by atoms with Crippen LogP contribution in [-0.2, 0) is 18.5 Å². The number of fused-ring (bicyclic) bond motifs is 1. The Kier molecular flexibility index (Phi) is 5.55. The van der Waals surface area contributed by atoms with Crippen molar-refractivity contribution >= 4 is 22.8 Å². The van der Waals surface area contributed by atoms with E-state index in [9.17, 15) is 13.2 Å². The molecule has 0 bridgehead atoms. The smallest absolute Gasteiger partial charge is 0.416 e. The summed E-state index contributed by atoms with van der Waals surface area (Å²) in [6, 6.07) is 13.4. The fourth-order valence-electron chi connectivity index (χ4n) is 3.00. The number of hydrogen-bond donors (Lipinski definition) is 0. The lowest BCUT2D eigenvalue weighted by Crippen LogP contribution is -2.05. The topological polar surface area (TPSA) is 56.7 Å².